The van der Waals surface area contributed by atoms with Gasteiger partial charge in [0.25, 0.3) is 0 Å². The number of allylic oxidation sites excluding steroid dienone is 2. The number of nitrogens with zero attached hydrogens (tertiary/aromatic N) is 3. The van der Waals surface area contributed by atoms with Crippen LogP contribution >= 0.6 is 11.3 Å². The summed E-state index contributed by atoms with van der Waals surface area (Å²) in [6, 6.07) is 5.52. The van der Waals surface area contributed by atoms with Crippen LogP contribution < -0.4 is 10.6 Å². The van der Waals surface area contributed by atoms with Gasteiger partial charge in [-0.2, -0.15) is 0 Å². The van der Waals surface area contributed by atoms with Gasteiger partial charge in [-0.15, -0.1) is 0 Å². The predicted molar refractivity (Wildman–Crippen MR) is 106 cm³/mol. The van der Waals surface area contributed by atoms with Crippen LogP contribution in [-0.2, 0) is 14.4 Å². The minimum absolute atomic E-state index is 0.00954. The smallest absolute Gasteiger partial charge is 0.248 e. The number of benzene rings is 1. The second-order valence-electron chi connectivity index (χ2n) is 6.30. The van der Waals surface area contributed by atoms with E-state index >= 15 is 0 Å². The summed E-state index contributed by atoms with van der Waals surface area (Å²) in [5.74, 6) is -0.543. The molecule has 0 spiro atoms. The molecule has 7 nitrogen and oxygen atoms in total. The molecular formula is C19H20N4O3S. The monoisotopic (exact) mass is 384 g/mol. The fourth-order valence-corrected chi connectivity index (χ4v) is 4.08. The lowest BCUT2D eigenvalue weighted by molar-refractivity contribution is -0.133. The van der Waals surface area contributed by atoms with Crippen LogP contribution in [-0.4, -0.2) is 47.1 Å². The molecule has 0 radical (unpaired) electrons. The number of piperazine rings is 1. The molecular weight excluding hydrogens is 364 g/mol. The van der Waals surface area contributed by atoms with Crippen molar-refractivity contribution in [3.05, 3.63) is 42.1 Å². The van der Waals surface area contributed by atoms with Gasteiger partial charge in [-0.3, -0.25) is 19.3 Å². The maximum Gasteiger partial charge on any atom is 0.248 e. The van der Waals surface area contributed by atoms with E-state index in [-0.39, 0.29) is 24.1 Å². The molecule has 0 bridgehead atoms. The highest BCUT2D eigenvalue weighted by atomic mass is 32.1. The van der Waals surface area contributed by atoms with Crippen LogP contribution in [0.5, 0.6) is 0 Å². The van der Waals surface area contributed by atoms with E-state index in [2.05, 4.69) is 11.6 Å². The van der Waals surface area contributed by atoms with Crippen molar-refractivity contribution in [1.82, 2.24) is 9.88 Å². The maximum atomic E-state index is 12.5. The van der Waals surface area contributed by atoms with Gasteiger partial charge in [0.15, 0.2) is 10.9 Å². The number of Topliss-reactive ketones (excluding diaryl/α,β-unsaturated/α-hetero) is 1. The molecule has 0 unspecified atom stereocenters. The van der Waals surface area contributed by atoms with E-state index in [1.165, 1.54) is 29.2 Å². The summed E-state index contributed by atoms with van der Waals surface area (Å²) in [6.45, 7) is 7.44. The first kappa shape index (κ1) is 18.8. The molecule has 3 rings (SSSR count). The summed E-state index contributed by atoms with van der Waals surface area (Å²) in [5, 5.41) is 0.579. The number of hydrogen-bond donors (Lipinski definition) is 1. The molecule has 2 amide bonds. The number of thiazole rings is 1. The first-order valence-electron chi connectivity index (χ1n) is 8.41. The van der Waals surface area contributed by atoms with E-state index < -0.39 is 0 Å². The molecule has 2 aromatic rings. The number of anilines is 1. The van der Waals surface area contributed by atoms with Gasteiger partial charge in [-0.25, -0.2) is 4.98 Å². The fraction of sp³-hybridized carbons (Fsp3) is 0.263. The zero-order valence-electron chi connectivity index (χ0n) is 15.2. The number of carbonyl (C=O) groups excluding carboxylic acids is 3. The summed E-state index contributed by atoms with van der Waals surface area (Å²) in [6.07, 6.45) is 1.21. The van der Waals surface area contributed by atoms with Crippen LogP contribution in [0, 0.1) is 0 Å². The van der Waals surface area contributed by atoms with Gasteiger partial charge in [0, 0.05) is 24.4 Å². The largest absolute Gasteiger partial charge is 0.402 e. The Morgan fingerprint density at radius 3 is 2.63 bits per heavy atom. The third-order valence-corrected chi connectivity index (χ3v) is 5.41. The summed E-state index contributed by atoms with van der Waals surface area (Å²) >= 11 is 1.40. The molecule has 1 aromatic heterocycles. The number of fused-ring (bicyclic) bond motifs is 1. The van der Waals surface area contributed by atoms with Crippen LogP contribution in [0.3, 0.4) is 0 Å². The Labute approximate surface area is 160 Å². The minimum atomic E-state index is -0.252. The first-order chi connectivity index (χ1) is 12.8. The molecule has 1 fully saturated rings. The summed E-state index contributed by atoms with van der Waals surface area (Å²) in [5.41, 5.74) is 8.18. The molecule has 1 aliphatic rings. The van der Waals surface area contributed by atoms with Gasteiger partial charge in [0.05, 0.1) is 10.2 Å². The quantitative estimate of drug-likeness (QED) is 0.813. The van der Waals surface area contributed by atoms with Gasteiger partial charge in [0.2, 0.25) is 11.8 Å². The Bertz CT molecular complexity index is 988. The number of hydrogen-bond acceptors (Lipinski definition) is 6. The van der Waals surface area contributed by atoms with Gasteiger partial charge >= 0.3 is 0 Å². The van der Waals surface area contributed by atoms with Crippen molar-refractivity contribution in [2.75, 3.05) is 24.5 Å². The van der Waals surface area contributed by atoms with E-state index in [0.29, 0.717) is 40.6 Å². The molecule has 140 valence electrons. The third kappa shape index (κ3) is 3.61. The highest BCUT2D eigenvalue weighted by Gasteiger charge is 2.29. The van der Waals surface area contributed by atoms with Crippen molar-refractivity contribution in [1.29, 1.82) is 0 Å². The standard InChI is InChI=1S/C19H20N4O3S/c1-4-16(25)22-7-8-23(17(26)10-22)19-21-14-9-13(5-6-15(14)27-19)18(11(2)20)12(3)24/h4-6,9H,1,7-8,10,20H2,2-3H3/b18-11+. The summed E-state index contributed by atoms with van der Waals surface area (Å²) in [7, 11) is 0. The van der Waals surface area contributed by atoms with E-state index in [1.54, 1.807) is 11.8 Å². The Morgan fingerprint density at radius 1 is 1.30 bits per heavy atom. The Kier molecular flexibility index (Phi) is 5.09. The molecule has 2 heterocycles. The van der Waals surface area contributed by atoms with Crippen LogP contribution in [0.4, 0.5) is 5.13 Å². The molecule has 27 heavy (non-hydrogen) atoms. The van der Waals surface area contributed by atoms with Gasteiger partial charge in [0.1, 0.15) is 6.54 Å². The van der Waals surface area contributed by atoms with Gasteiger partial charge in [-0.05, 0) is 37.6 Å². The zero-order chi connectivity index (χ0) is 19.7. The average molecular weight is 384 g/mol. The topological polar surface area (TPSA) is 96.6 Å². The summed E-state index contributed by atoms with van der Waals surface area (Å²) in [4.78, 5) is 43.6. The van der Waals surface area contributed by atoms with E-state index in [4.69, 9.17) is 5.73 Å². The highest BCUT2D eigenvalue weighted by Crippen LogP contribution is 2.32. The molecule has 2 N–H and O–H groups in total. The molecule has 8 heteroatoms. The number of nitrogens with two attached hydrogens (primary N) is 1. The number of carbonyl (C=O) groups is 3. The number of ketones is 1. The van der Waals surface area contributed by atoms with Crippen molar-refractivity contribution in [3.63, 3.8) is 0 Å². The Morgan fingerprint density at radius 2 is 2.04 bits per heavy atom. The van der Waals surface area contributed by atoms with Crippen molar-refractivity contribution < 1.29 is 14.4 Å². The summed E-state index contributed by atoms with van der Waals surface area (Å²) < 4.78 is 0.906. The highest BCUT2D eigenvalue weighted by molar-refractivity contribution is 7.22. The number of rotatable bonds is 4. The molecule has 0 aliphatic carbocycles. The van der Waals surface area contributed by atoms with E-state index in [9.17, 15) is 14.4 Å². The zero-order valence-corrected chi connectivity index (χ0v) is 16.0. The molecule has 1 saturated heterocycles. The second-order valence-corrected chi connectivity index (χ2v) is 7.31. The lowest BCUT2D eigenvalue weighted by atomic mass is 10.0. The van der Waals surface area contributed by atoms with E-state index in [0.717, 1.165) is 4.70 Å². The Balaban J connectivity index is 1.91. The van der Waals surface area contributed by atoms with Gasteiger partial charge < -0.3 is 10.6 Å². The Hall–Kier alpha value is -3.00. The SMILES string of the molecule is C=CC(=O)N1CCN(c2nc3cc(/C(C(C)=O)=C(\C)N)ccc3s2)C(=O)C1. The molecule has 0 saturated carbocycles. The van der Waals surface area contributed by atoms with Crippen molar-refractivity contribution >= 4 is 49.9 Å². The van der Waals surface area contributed by atoms with Crippen molar-refractivity contribution in [2.45, 2.75) is 13.8 Å². The maximum absolute atomic E-state index is 12.5. The predicted octanol–water partition coefficient (Wildman–Crippen LogP) is 1.94. The average Bonchev–Trinajstić information content (AvgIpc) is 3.03. The number of aromatic nitrogens is 1. The molecule has 1 aromatic carbocycles. The van der Waals surface area contributed by atoms with E-state index in [1.807, 2.05) is 18.2 Å². The minimum Gasteiger partial charge on any atom is -0.402 e. The van der Waals surface area contributed by atoms with Crippen LogP contribution in [0.1, 0.15) is 19.4 Å². The normalized spacial score (nSPS) is 15.7. The van der Waals surface area contributed by atoms with Crippen LogP contribution in [0.25, 0.3) is 15.8 Å². The first-order valence-corrected chi connectivity index (χ1v) is 9.23. The molecule has 0 atom stereocenters. The van der Waals surface area contributed by atoms with Crippen LogP contribution in [0.15, 0.2) is 36.6 Å². The van der Waals surface area contributed by atoms with Crippen molar-refractivity contribution in [3.8, 4) is 0 Å². The lowest BCUT2D eigenvalue weighted by Crippen LogP contribution is -2.52. The number of amides is 2. The second kappa shape index (κ2) is 7.32. The van der Waals surface area contributed by atoms with Crippen molar-refractivity contribution in [2.24, 2.45) is 5.73 Å². The van der Waals surface area contributed by atoms with Crippen LogP contribution in [0.2, 0.25) is 0 Å². The van der Waals surface area contributed by atoms with Gasteiger partial charge in [-0.1, -0.05) is 24.0 Å². The fourth-order valence-electron chi connectivity index (χ4n) is 3.09. The molecule has 1 aliphatic heterocycles. The lowest BCUT2D eigenvalue weighted by Gasteiger charge is -2.32. The third-order valence-electron chi connectivity index (χ3n) is 4.35.